The minimum absolute atomic E-state index is 0.0516. The highest BCUT2D eigenvalue weighted by atomic mass is 19.4. The fourth-order valence-corrected chi connectivity index (χ4v) is 2.23. The first-order valence-electron chi connectivity index (χ1n) is 6.17. The van der Waals surface area contributed by atoms with Gasteiger partial charge in [-0.1, -0.05) is 0 Å². The molecule has 1 aromatic heterocycles. The number of hydrogen-bond acceptors (Lipinski definition) is 4. The molecule has 0 atom stereocenters. The van der Waals surface area contributed by atoms with Gasteiger partial charge in [-0.05, 0) is 12.1 Å². The van der Waals surface area contributed by atoms with E-state index in [0.29, 0.717) is 16.9 Å². The molecule has 1 aromatic carbocycles. The number of hydrogen-bond donors (Lipinski definition) is 1. The van der Waals surface area contributed by atoms with Gasteiger partial charge in [-0.15, -0.1) is 0 Å². The van der Waals surface area contributed by atoms with Crippen molar-refractivity contribution < 1.29 is 22.6 Å². The predicted octanol–water partition coefficient (Wildman–Crippen LogP) is 2.46. The zero-order valence-electron chi connectivity index (χ0n) is 11.1. The molecule has 0 fully saturated rings. The van der Waals surface area contributed by atoms with Crippen LogP contribution in [0.3, 0.4) is 0 Å². The van der Waals surface area contributed by atoms with Gasteiger partial charge in [-0.3, -0.25) is 4.68 Å². The maximum Gasteiger partial charge on any atom is 0.420 e. The summed E-state index contributed by atoms with van der Waals surface area (Å²) in [4.78, 5) is 0. The van der Waals surface area contributed by atoms with Crippen LogP contribution < -0.4 is 15.2 Å². The van der Waals surface area contributed by atoms with E-state index in [1.54, 1.807) is 7.05 Å². The van der Waals surface area contributed by atoms with Gasteiger partial charge in [0.05, 0.1) is 6.20 Å². The van der Waals surface area contributed by atoms with Gasteiger partial charge in [-0.25, -0.2) is 0 Å². The van der Waals surface area contributed by atoms with Crippen molar-refractivity contribution in [3.8, 4) is 22.6 Å². The van der Waals surface area contributed by atoms with Crippen LogP contribution in [0.1, 0.15) is 5.56 Å². The number of fused-ring (bicyclic) bond motifs is 1. The Morgan fingerprint density at radius 2 is 1.81 bits per heavy atom. The van der Waals surface area contributed by atoms with Gasteiger partial charge in [0.15, 0.2) is 11.5 Å². The highest BCUT2D eigenvalue weighted by Gasteiger charge is 2.38. The van der Waals surface area contributed by atoms with Crippen molar-refractivity contribution in [3.05, 3.63) is 23.9 Å². The maximum absolute atomic E-state index is 13.0. The molecular formula is C13H12F3N3O2. The molecule has 0 saturated heterocycles. The first-order valence-corrected chi connectivity index (χ1v) is 6.17. The van der Waals surface area contributed by atoms with E-state index in [-0.39, 0.29) is 24.7 Å². The van der Waals surface area contributed by atoms with E-state index in [1.807, 2.05) is 0 Å². The third-order valence-corrected chi connectivity index (χ3v) is 3.27. The molecule has 2 heterocycles. The second-order valence-corrected chi connectivity index (χ2v) is 4.58. The van der Waals surface area contributed by atoms with Crippen molar-refractivity contribution in [3.63, 3.8) is 0 Å². The Hall–Kier alpha value is -2.38. The lowest BCUT2D eigenvalue weighted by Gasteiger charge is -2.24. The number of ether oxygens (including phenoxy) is 2. The summed E-state index contributed by atoms with van der Waals surface area (Å²) >= 11 is 0. The zero-order chi connectivity index (χ0) is 15.2. The molecule has 0 spiro atoms. The standard InChI is InChI=1S/C13H12F3N3O2/c1-19-12(17)8(6-18-19)7-2-3-9(13(14,15)16)11-10(7)20-4-5-21-11/h2-3,6H,4-5,17H2,1H3. The molecule has 112 valence electrons. The zero-order valence-corrected chi connectivity index (χ0v) is 11.1. The van der Waals surface area contributed by atoms with Crippen LogP contribution >= 0.6 is 0 Å². The monoisotopic (exact) mass is 299 g/mol. The molecule has 21 heavy (non-hydrogen) atoms. The van der Waals surface area contributed by atoms with Crippen LogP contribution in [0.5, 0.6) is 11.5 Å². The van der Waals surface area contributed by atoms with Crippen molar-refractivity contribution in [2.75, 3.05) is 18.9 Å². The van der Waals surface area contributed by atoms with Gasteiger partial charge in [0, 0.05) is 18.2 Å². The maximum atomic E-state index is 13.0. The second-order valence-electron chi connectivity index (χ2n) is 4.58. The molecule has 8 heteroatoms. The summed E-state index contributed by atoms with van der Waals surface area (Å²) in [5, 5.41) is 3.99. The number of halogens is 3. The van der Waals surface area contributed by atoms with Crippen molar-refractivity contribution >= 4 is 5.82 Å². The number of aryl methyl sites for hydroxylation is 1. The Labute approximate surface area is 118 Å². The summed E-state index contributed by atoms with van der Waals surface area (Å²) in [6, 6.07) is 2.29. The van der Waals surface area contributed by atoms with Crippen molar-refractivity contribution in [2.24, 2.45) is 7.05 Å². The van der Waals surface area contributed by atoms with Crippen LogP contribution in [-0.2, 0) is 13.2 Å². The Balaban J connectivity index is 2.22. The lowest BCUT2D eigenvalue weighted by molar-refractivity contribution is -0.139. The number of alkyl halides is 3. The quantitative estimate of drug-likeness (QED) is 0.878. The molecule has 2 aromatic rings. The van der Waals surface area contributed by atoms with Gasteiger partial charge in [0.1, 0.15) is 24.6 Å². The number of benzene rings is 1. The van der Waals surface area contributed by atoms with E-state index in [0.717, 1.165) is 6.07 Å². The van der Waals surface area contributed by atoms with Crippen LogP contribution in [0.15, 0.2) is 18.3 Å². The third kappa shape index (κ3) is 2.16. The number of anilines is 1. The summed E-state index contributed by atoms with van der Waals surface area (Å²) in [5.41, 5.74) is 5.96. The highest BCUT2D eigenvalue weighted by Crippen LogP contribution is 2.48. The molecule has 5 nitrogen and oxygen atoms in total. The van der Waals surface area contributed by atoms with Crippen LogP contribution in [0.2, 0.25) is 0 Å². The lowest BCUT2D eigenvalue weighted by Crippen LogP contribution is -2.20. The molecule has 3 rings (SSSR count). The van der Waals surface area contributed by atoms with E-state index in [9.17, 15) is 13.2 Å². The minimum Gasteiger partial charge on any atom is -0.485 e. The molecule has 0 bridgehead atoms. The summed E-state index contributed by atoms with van der Waals surface area (Å²) in [5.74, 6) is 0.0939. The van der Waals surface area contributed by atoms with Gasteiger partial charge in [0.2, 0.25) is 0 Å². The Morgan fingerprint density at radius 3 is 2.38 bits per heavy atom. The second kappa shape index (κ2) is 4.57. The normalized spacial score (nSPS) is 14.3. The fraction of sp³-hybridized carbons (Fsp3) is 0.308. The summed E-state index contributed by atoms with van der Waals surface area (Å²) < 4.78 is 51.1. The van der Waals surface area contributed by atoms with Crippen LogP contribution in [0.25, 0.3) is 11.1 Å². The number of nitrogens with zero attached hydrogens (tertiary/aromatic N) is 2. The average Bonchev–Trinajstić information content (AvgIpc) is 2.77. The average molecular weight is 299 g/mol. The van der Waals surface area contributed by atoms with E-state index < -0.39 is 11.7 Å². The molecule has 1 aliphatic rings. The SMILES string of the molecule is Cn1ncc(-c2ccc(C(F)(F)F)c3c2OCCO3)c1N. The molecule has 2 N–H and O–H groups in total. The largest absolute Gasteiger partial charge is 0.485 e. The molecule has 0 unspecified atom stereocenters. The highest BCUT2D eigenvalue weighted by molar-refractivity contribution is 5.81. The Morgan fingerprint density at radius 1 is 1.14 bits per heavy atom. The van der Waals surface area contributed by atoms with Crippen LogP contribution in [0.4, 0.5) is 19.0 Å². The van der Waals surface area contributed by atoms with Gasteiger partial charge >= 0.3 is 6.18 Å². The van der Waals surface area contributed by atoms with Gasteiger partial charge in [-0.2, -0.15) is 18.3 Å². The minimum atomic E-state index is -4.51. The molecule has 0 amide bonds. The van der Waals surface area contributed by atoms with Gasteiger partial charge < -0.3 is 15.2 Å². The third-order valence-electron chi connectivity index (χ3n) is 3.27. The summed E-state index contributed by atoms with van der Waals surface area (Å²) in [6.45, 7) is 0.254. The van der Waals surface area contributed by atoms with Crippen molar-refractivity contribution in [1.29, 1.82) is 0 Å². The number of nitrogen functional groups attached to an aromatic ring is 1. The summed E-state index contributed by atoms with van der Waals surface area (Å²) in [7, 11) is 1.65. The van der Waals surface area contributed by atoms with E-state index >= 15 is 0 Å². The molecular weight excluding hydrogens is 287 g/mol. The lowest BCUT2D eigenvalue weighted by atomic mass is 10.0. The molecule has 1 aliphatic heterocycles. The van der Waals surface area contributed by atoms with Crippen LogP contribution in [-0.4, -0.2) is 23.0 Å². The number of nitrogens with two attached hydrogens (primary N) is 1. The van der Waals surface area contributed by atoms with Gasteiger partial charge in [0.25, 0.3) is 0 Å². The predicted molar refractivity (Wildman–Crippen MR) is 69.0 cm³/mol. The van der Waals surface area contributed by atoms with E-state index in [1.165, 1.54) is 16.9 Å². The Kier molecular flexibility index (Phi) is 2.96. The van der Waals surface area contributed by atoms with Crippen molar-refractivity contribution in [2.45, 2.75) is 6.18 Å². The first kappa shape index (κ1) is 13.6. The fourth-order valence-electron chi connectivity index (χ4n) is 2.23. The summed E-state index contributed by atoms with van der Waals surface area (Å²) in [6.07, 6.45) is -3.03. The first-order chi connectivity index (χ1) is 9.89. The molecule has 0 radical (unpaired) electrons. The van der Waals surface area contributed by atoms with E-state index in [4.69, 9.17) is 15.2 Å². The Bertz CT molecular complexity index is 695. The number of aromatic nitrogens is 2. The smallest absolute Gasteiger partial charge is 0.420 e. The molecule has 0 aliphatic carbocycles. The topological polar surface area (TPSA) is 62.3 Å². The van der Waals surface area contributed by atoms with Crippen molar-refractivity contribution in [1.82, 2.24) is 9.78 Å². The molecule has 0 saturated carbocycles. The van der Waals surface area contributed by atoms with Crippen LogP contribution in [0, 0.1) is 0 Å². The number of rotatable bonds is 1. The van der Waals surface area contributed by atoms with E-state index in [2.05, 4.69) is 5.10 Å².